The summed E-state index contributed by atoms with van der Waals surface area (Å²) in [7, 11) is -1.02. The van der Waals surface area contributed by atoms with Crippen molar-refractivity contribution in [3.05, 3.63) is 0 Å². The molecule has 0 aromatic carbocycles. The molecule has 0 radical (unpaired) electrons. The van der Waals surface area contributed by atoms with Crippen LogP contribution in [0, 0.1) is 0 Å². The van der Waals surface area contributed by atoms with Crippen molar-refractivity contribution in [3.63, 3.8) is 0 Å². The molecule has 0 amide bonds. The summed E-state index contributed by atoms with van der Waals surface area (Å²) in [5, 5.41) is 0. The van der Waals surface area contributed by atoms with E-state index in [4.69, 9.17) is 0 Å². The molecule has 4 N–H and O–H groups in total. The van der Waals surface area contributed by atoms with E-state index in [0.29, 0.717) is 0 Å². The van der Waals surface area contributed by atoms with Crippen molar-refractivity contribution in [2.24, 2.45) is 0 Å². The second-order valence-electron chi connectivity index (χ2n) is 3.66. The van der Waals surface area contributed by atoms with E-state index in [0.717, 1.165) is 0 Å². The lowest BCUT2D eigenvalue weighted by Crippen LogP contribution is -2.49. The molecule has 82 valence electrons. The summed E-state index contributed by atoms with van der Waals surface area (Å²) in [5.74, 6) is 0. The molecule has 0 saturated heterocycles. The average Bonchev–Trinajstić information content (AvgIpc) is 2.06. The van der Waals surface area contributed by atoms with Gasteiger partial charge in [0.1, 0.15) is 8.24 Å². The number of rotatable bonds is 7. The first kappa shape index (κ1) is 15.6. The molecular formula is C10H28N2Si. The van der Waals surface area contributed by atoms with E-state index < -0.39 is 8.24 Å². The van der Waals surface area contributed by atoms with Crippen molar-refractivity contribution >= 4 is 8.24 Å². The van der Waals surface area contributed by atoms with Gasteiger partial charge in [-0.3, -0.25) is 0 Å². The lowest BCUT2D eigenvalue weighted by Gasteiger charge is -2.30. The Bertz CT molecular complexity index is 90.1. The first-order valence-electron chi connectivity index (χ1n) is 5.49. The van der Waals surface area contributed by atoms with Gasteiger partial charge >= 0.3 is 0 Å². The van der Waals surface area contributed by atoms with Crippen molar-refractivity contribution in [2.45, 2.75) is 58.7 Å². The quantitative estimate of drug-likeness (QED) is 0.623. The molecule has 0 bridgehead atoms. The van der Waals surface area contributed by atoms with Gasteiger partial charge in [-0.15, -0.1) is 0 Å². The van der Waals surface area contributed by atoms with Crippen LogP contribution in [-0.4, -0.2) is 14.8 Å². The van der Waals surface area contributed by atoms with Crippen LogP contribution in [-0.2, 0) is 0 Å². The zero-order chi connectivity index (χ0) is 9.45. The Kier molecular flexibility index (Phi) is 10.5. The topological polar surface area (TPSA) is 47.0 Å². The van der Waals surface area contributed by atoms with Gasteiger partial charge in [-0.1, -0.05) is 40.5 Å². The Morgan fingerprint density at radius 3 is 1.62 bits per heavy atom. The summed E-state index contributed by atoms with van der Waals surface area (Å²) in [4.78, 5) is 3.79. The van der Waals surface area contributed by atoms with Gasteiger partial charge < -0.3 is 11.1 Å². The van der Waals surface area contributed by atoms with Crippen LogP contribution in [0.15, 0.2) is 0 Å². The molecule has 2 nitrogen and oxygen atoms in total. The van der Waals surface area contributed by atoms with E-state index in [2.05, 4.69) is 32.7 Å². The van der Waals surface area contributed by atoms with Gasteiger partial charge in [-0.05, 0) is 24.7 Å². The molecular weight excluding hydrogens is 176 g/mol. The fourth-order valence-corrected chi connectivity index (χ4v) is 6.34. The first-order valence-corrected chi connectivity index (χ1v) is 8.11. The second-order valence-corrected chi connectivity index (χ2v) is 8.29. The maximum atomic E-state index is 3.79. The lowest BCUT2D eigenvalue weighted by molar-refractivity contribution is 0.854. The molecule has 0 aliphatic heterocycles. The first-order chi connectivity index (χ1) is 5.74. The fraction of sp³-hybridized carbons (Fsp3) is 1.00. The summed E-state index contributed by atoms with van der Waals surface area (Å²) < 4.78 is 0. The maximum absolute atomic E-state index is 3.79. The molecule has 0 aromatic rings. The summed E-state index contributed by atoms with van der Waals surface area (Å²) >= 11 is 0. The van der Waals surface area contributed by atoms with Crippen molar-refractivity contribution in [1.29, 1.82) is 0 Å². The van der Waals surface area contributed by atoms with Crippen LogP contribution in [0.3, 0.4) is 0 Å². The molecule has 3 heteroatoms. The highest BCUT2D eigenvalue weighted by Crippen LogP contribution is 2.20. The highest BCUT2D eigenvalue weighted by Gasteiger charge is 2.27. The molecule has 13 heavy (non-hydrogen) atoms. The van der Waals surface area contributed by atoms with Gasteiger partial charge in [0.25, 0.3) is 0 Å². The third-order valence-electron chi connectivity index (χ3n) is 2.69. The maximum Gasteiger partial charge on any atom is 0.125 e. The van der Waals surface area contributed by atoms with Gasteiger partial charge in [-0.2, -0.15) is 0 Å². The van der Waals surface area contributed by atoms with Gasteiger partial charge in [0.15, 0.2) is 0 Å². The zero-order valence-corrected chi connectivity index (χ0v) is 10.9. The van der Waals surface area contributed by atoms with Gasteiger partial charge in [0.05, 0.1) is 0 Å². The smallest absolute Gasteiger partial charge is 0.125 e. The highest BCUT2D eigenvalue weighted by molar-refractivity contribution is 6.77. The number of hydrogen-bond acceptors (Lipinski definition) is 2. The van der Waals surface area contributed by atoms with Gasteiger partial charge in [-0.25, -0.2) is 0 Å². The Labute approximate surface area is 85.2 Å². The predicted octanol–water partition coefficient (Wildman–Crippen LogP) is 3.54. The predicted molar refractivity (Wildman–Crippen MR) is 65.1 cm³/mol. The van der Waals surface area contributed by atoms with E-state index in [9.17, 15) is 0 Å². The minimum atomic E-state index is -1.02. The highest BCUT2D eigenvalue weighted by atomic mass is 28.3. The molecule has 0 aromatic heterocycles. The van der Waals surface area contributed by atoms with Gasteiger partial charge in [0, 0.05) is 0 Å². The van der Waals surface area contributed by atoms with Crippen molar-refractivity contribution in [1.82, 2.24) is 11.1 Å². The Hall–Kier alpha value is 0.137. The fourth-order valence-electron chi connectivity index (χ4n) is 2.11. The summed E-state index contributed by atoms with van der Waals surface area (Å²) in [6.45, 7) is 10.4. The van der Waals surface area contributed by atoms with Crippen molar-refractivity contribution in [3.8, 4) is 0 Å². The van der Waals surface area contributed by atoms with Crippen LogP contribution in [0.2, 0.25) is 18.1 Å². The van der Waals surface area contributed by atoms with E-state index >= 15 is 0 Å². The Balaban J connectivity index is 0. The van der Waals surface area contributed by atoms with Crippen LogP contribution in [0.4, 0.5) is 0 Å². The molecule has 0 aliphatic carbocycles. The Morgan fingerprint density at radius 1 is 0.923 bits per heavy atom. The zero-order valence-electron chi connectivity index (χ0n) is 9.95. The standard InChI is InChI=1S/C10H25NSi.H3N/c1-5-9-12(8-4,10-6-2)11-7-3;/h11H,5-10H2,1-4H3;1H3. The largest absolute Gasteiger partial charge is 0.344 e. The SMILES string of the molecule is CCC[Si](CC)(CCC)NCC.N. The minimum absolute atomic E-state index is 0. The Morgan fingerprint density at radius 2 is 1.38 bits per heavy atom. The molecule has 0 spiro atoms. The normalized spacial score (nSPS) is 11.1. The molecule has 0 saturated carbocycles. The molecule has 0 aliphatic rings. The number of hydrogen-bond donors (Lipinski definition) is 2. The molecule has 0 heterocycles. The lowest BCUT2D eigenvalue weighted by atomic mass is 10.6. The van der Waals surface area contributed by atoms with Crippen LogP contribution < -0.4 is 11.1 Å². The molecule has 0 atom stereocenters. The van der Waals surface area contributed by atoms with Crippen LogP contribution in [0.1, 0.15) is 40.5 Å². The van der Waals surface area contributed by atoms with Crippen LogP contribution in [0.25, 0.3) is 0 Å². The van der Waals surface area contributed by atoms with Crippen molar-refractivity contribution < 1.29 is 0 Å². The third kappa shape index (κ3) is 5.44. The summed E-state index contributed by atoms with van der Waals surface area (Å²) in [5.41, 5.74) is 0. The monoisotopic (exact) mass is 204 g/mol. The molecule has 0 unspecified atom stereocenters. The van der Waals surface area contributed by atoms with Gasteiger partial charge in [0.2, 0.25) is 0 Å². The number of nitrogens with one attached hydrogen (secondary N) is 1. The third-order valence-corrected chi connectivity index (χ3v) is 8.06. The van der Waals surface area contributed by atoms with E-state index in [1.54, 1.807) is 0 Å². The molecule has 0 rings (SSSR count). The van der Waals surface area contributed by atoms with Crippen LogP contribution in [0.5, 0.6) is 0 Å². The summed E-state index contributed by atoms with van der Waals surface area (Å²) in [6, 6.07) is 4.33. The van der Waals surface area contributed by atoms with Crippen molar-refractivity contribution in [2.75, 3.05) is 6.54 Å². The van der Waals surface area contributed by atoms with Crippen LogP contribution >= 0.6 is 0 Å². The summed E-state index contributed by atoms with van der Waals surface area (Å²) in [6.07, 6.45) is 2.71. The van der Waals surface area contributed by atoms with E-state index in [-0.39, 0.29) is 6.15 Å². The van der Waals surface area contributed by atoms with E-state index in [1.165, 1.54) is 37.5 Å². The average molecular weight is 204 g/mol. The molecule has 0 fully saturated rings. The minimum Gasteiger partial charge on any atom is -0.344 e. The van der Waals surface area contributed by atoms with E-state index in [1.807, 2.05) is 0 Å². The second kappa shape index (κ2) is 8.72.